The molecule has 0 aromatic carbocycles. The summed E-state index contributed by atoms with van der Waals surface area (Å²) >= 11 is 0. The number of anilines is 2. The molecule has 19 heavy (non-hydrogen) atoms. The molecule has 1 aromatic heterocycles. The van der Waals surface area contributed by atoms with Crippen molar-refractivity contribution in [3.8, 4) is 0 Å². The molecule has 0 bridgehead atoms. The number of carbonyl (C=O) groups is 1. The van der Waals surface area contributed by atoms with Gasteiger partial charge in [0.1, 0.15) is 5.82 Å². The van der Waals surface area contributed by atoms with Crippen LogP contribution in [0.2, 0.25) is 0 Å². The second-order valence-corrected chi connectivity index (χ2v) is 4.15. The summed E-state index contributed by atoms with van der Waals surface area (Å²) in [5.41, 5.74) is 6.27. The van der Waals surface area contributed by atoms with Crippen molar-refractivity contribution in [2.75, 3.05) is 37.4 Å². The van der Waals surface area contributed by atoms with Gasteiger partial charge in [-0.05, 0) is 31.5 Å². The van der Waals surface area contributed by atoms with E-state index < -0.39 is 0 Å². The second kappa shape index (κ2) is 9.29. The first-order valence-corrected chi connectivity index (χ1v) is 6.45. The maximum Gasteiger partial charge on any atom is 0.225 e. The number of rotatable bonds is 9. The Morgan fingerprint density at radius 3 is 2.89 bits per heavy atom. The summed E-state index contributed by atoms with van der Waals surface area (Å²) in [5.74, 6) is 0.503. The third kappa shape index (κ3) is 6.73. The van der Waals surface area contributed by atoms with Gasteiger partial charge in [0.25, 0.3) is 0 Å². The molecule has 0 saturated carbocycles. The minimum Gasteiger partial charge on any atom is -0.385 e. The lowest BCUT2D eigenvalue weighted by molar-refractivity contribution is -0.116. The van der Waals surface area contributed by atoms with Crippen LogP contribution in [0.15, 0.2) is 18.3 Å². The molecule has 1 rings (SSSR count). The van der Waals surface area contributed by atoms with Gasteiger partial charge in [-0.15, -0.1) is 0 Å². The van der Waals surface area contributed by atoms with Gasteiger partial charge in [-0.2, -0.15) is 0 Å². The van der Waals surface area contributed by atoms with E-state index in [4.69, 9.17) is 10.5 Å². The van der Waals surface area contributed by atoms with Crippen molar-refractivity contribution in [3.05, 3.63) is 18.3 Å². The molecule has 0 aliphatic rings. The van der Waals surface area contributed by atoms with Crippen LogP contribution in [0, 0.1) is 0 Å². The van der Waals surface area contributed by atoms with Crippen LogP contribution in [0.5, 0.6) is 0 Å². The summed E-state index contributed by atoms with van der Waals surface area (Å²) in [6.07, 6.45) is 3.75. The van der Waals surface area contributed by atoms with Gasteiger partial charge < -0.3 is 21.1 Å². The quantitative estimate of drug-likeness (QED) is 0.585. The zero-order valence-electron chi connectivity index (χ0n) is 11.3. The lowest BCUT2D eigenvalue weighted by atomic mass is 10.3. The summed E-state index contributed by atoms with van der Waals surface area (Å²) in [5, 5.41) is 5.95. The summed E-state index contributed by atoms with van der Waals surface area (Å²) in [4.78, 5) is 15.6. The van der Waals surface area contributed by atoms with E-state index in [1.165, 1.54) is 0 Å². The number of hydrogen-bond donors (Lipinski definition) is 3. The first-order valence-electron chi connectivity index (χ1n) is 6.45. The Bertz CT molecular complexity index is 367. The third-order valence-corrected chi connectivity index (χ3v) is 2.49. The van der Waals surface area contributed by atoms with Crippen LogP contribution in [-0.4, -0.2) is 37.7 Å². The van der Waals surface area contributed by atoms with Crippen LogP contribution in [0.4, 0.5) is 11.5 Å². The predicted octanol–water partition coefficient (Wildman–Crippen LogP) is 1.21. The largest absolute Gasteiger partial charge is 0.385 e. The van der Waals surface area contributed by atoms with Gasteiger partial charge in [0.05, 0.1) is 11.9 Å². The third-order valence-electron chi connectivity index (χ3n) is 2.49. The maximum absolute atomic E-state index is 11.5. The zero-order valence-corrected chi connectivity index (χ0v) is 11.3. The van der Waals surface area contributed by atoms with Crippen LogP contribution in [0.3, 0.4) is 0 Å². The van der Waals surface area contributed by atoms with Crippen molar-refractivity contribution in [1.82, 2.24) is 4.98 Å². The molecule has 6 heteroatoms. The highest BCUT2D eigenvalue weighted by atomic mass is 16.5. The molecule has 0 aliphatic heterocycles. The molecule has 0 aliphatic carbocycles. The lowest BCUT2D eigenvalue weighted by Crippen LogP contribution is -2.14. The van der Waals surface area contributed by atoms with Crippen LogP contribution in [0.1, 0.15) is 19.3 Å². The fourth-order valence-corrected chi connectivity index (χ4v) is 1.49. The SMILES string of the molecule is COCCCNc1ccc(NC(=O)CCCN)nc1. The van der Waals surface area contributed by atoms with Crippen LogP contribution < -0.4 is 16.4 Å². The van der Waals surface area contributed by atoms with Crippen molar-refractivity contribution in [1.29, 1.82) is 0 Å². The monoisotopic (exact) mass is 266 g/mol. The second-order valence-electron chi connectivity index (χ2n) is 4.15. The normalized spacial score (nSPS) is 10.2. The van der Waals surface area contributed by atoms with E-state index in [2.05, 4.69) is 15.6 Å². The van der Waals surface area contributed by atoms with E-state index in [1.807, 2.05) is 6.07 Å². The number of nitrogens with one attached hydrogen (secondary N) is 2. The molecule has 4 N–H and O–H groups in total. The Morgan fingerprint density at radius 2 is 2.26 bits per heavy atom. The maximum atomic E-state index is 11.5. The van der Waals surface area contributed by atoms with Crippen molar-refractivity contribution >= 4 is 17.4 Å². The molecule has 1 aromatic rings. The Balaban J connectivity index is 2.32. The van der Waals surface area contributed by atoms with E-state index in [0.29, 0.717) is 25.2 Å². The summed E-state index contributed by atoms with van der Waals surface area (Å²) < 4.78 is 4.96. The van der Waals surface area contributed by atoms with E-state index in [1.54, 1.807) is 19.4 Å². The highest BCUT2D eigenvalue weighted by Crippen LogP contribution is 2.10. The first-order chi connectivity index (χ1) is 9.26. The van der Waals surface area contributed by atoms with E-state index >= 15 is 0 Å². The molecular formula is C13H22N4O2. The Morgan fingerprint density at radius 1 is 1.42 bits per heavy atom. The van der Waals surface area contributed by atoms with E-state index in [9.17, 15) is 4.79 Å². The molecular weight excluding hydrogens is 244 g/mol. The summed E-state index contributed by atoms with van der Waals surface area (Å²) in [6, 6.07) is 3.66. The Kier molecular flexibility index (Phi) is 7.53. The number of hydrogen-bond acceptors (Lipinski definition) is 5. The van der Waals surface area contributed by atoms with Crippen LogP contribution >= 0.6 is 0 Å². The smallest absolute Gasteiger partial charge is 0.225 e. The van der Waals surface area contributed by atoms with Crippen LogP contribution in [0.25, 0.3) is 0 Å². The Labute approximate surface area is 113 Å². The molecule has 0 spiro atoms. The standard InChI is InChI=1S/C13H22N4O2/c1-19-9-3-8-15-11-5-6-12(16-10-11)17-13(18)4-2-7-14/h5-6,10,15H,2-4,7-9,14H2,1H3,(H,16,17,18). The fourth-order valence-electron chi connectivity index (χ4n) is 1.49. The molecule has 6 nitrogen and oxygen atoms in total. The van der Waals surface area contributed by atoms with Crippen molar-refractivity contribution in [2.45, 2.75) is 19.3 Å². The predicted molar refractivity (Wildman–Crippen MR) is 76.1 cm³/mol. The van der Waals surface area contributed by atoms with Gasteiger partial charge >= 0.3 is 0 Å². The summed E-state index contributed by atoms with van der Waals surface area (Å²) in [7, 11) is 1.68. The molecule has 1 heterocycles. The van der Waals surface area contributed by atoms with Gasteiger partial charge in [0.2, 0.25) is 5.91 Å². The van der Waals surface area contributed by atoms with E-state index in [0.717, 1.165) is 25.3 Å². The lowest BCUT2D eigenvalue weighted by Gasteiger charge is -2.07. The zero-order chi connectivity index (χ0) is 13.9. The van der Waals surface area contributed by atoms with Crippen molar-refractivity contribution < 1.29 is 9.53 Å². The topological polar surface area (TPSA) is 89.3 Å². The molecule has 1 amide bonds. The van der Waals surface area contributed by atoms with Gasteiger partial charge in [0, 0.05) is 26.7 Å². The number of amides is 1. The average molecular weight is 266 g/mol. The molecule has 0 atom stereocenters. The van der Waals surface area contributed by atoms with Crippen LogP contribution in [-0.2, 0) is 9.53 Å². The average Bonchev–Trinajstić information content (AvgIpc) is 2.43. The number of nitrogens with zero attached hydrogens (tertiary/aromatic N) is 1. The molecule has 106 valence electrons. The number of pyridine rings is 1. The minimum atomic E-state index is -0.0567. The number of aromatic nitrogens is 1. The summed E-state index contributed by atoms with van der Waals surface area (Å²) in [6.45, 7) is 2.08. The van der Waals surface area contributed by atoms with Gasteiger partial charge in [-0.1, -0.05) is 0 Å². The minimum absolute atomic E-state index is 0.0567. The van der Waals surface area contributed by atoms with E-state index in [-0.39, 0.29) is 5.91 Å². The Hall–Kier alpha value is -1.66. The van der Waals surface area contributed by atoms with Gasteiger partial charge in [-0.3, -0.25) is 4.79 Å². The van der Waals surface area contributed by atoms with Gasteiger partial charge in [0.15, 0.2) is 0 Å². The number of nitrogens with two attached hydrogens (primary N) is 1. The fraction of sp³-hybridized carbons (Fsp3) is 0.538. The number of carbonyl (C=O) groups excluding carboxylic acids is 1. The molecule has 0 fully saturated rings. The molecule has 0 unspecified atom stereocenters. The highest BCUT2D eigenvalue weighted by Gasteiger charge is 2.02. The van der Waals surface area contributed by atoms with Crippen molar-refractivity contribution in [3.63, 3.8) is 0 Å². The van der Waals surface area contributed by atoms with Crippen molar-refractivity contribution in [2.24, 2.45) is 5.73 Å². The number of methoxy groups -OCH3 is 1. The highest BCUT2D eigenvalue weighted by molar-refractivity contribution is 5.89. The molecule has 0 radical (unpaired) electrons. The number of ether oxygens (including phenoxy) is 1. The van der Waals surface area contributed by atoms with Gasteiger partial charge in [-0.25, -0.2) is 4.98 Å². The first kappa shape index (κ1) is 15.4. The molecule has 0 saturated heterocycles.